The molecule has 19 heavy (non-hydrogen) atoms. The Bertz CT molecular complexity index is 593. The van der Waals surface area contributed by atoms with Crippen molar-refractivity contribution in [1.29, 1.82) is 0 Å². The highest BCUT2D eigenvalue weighted by Gasteiger charge is 2.18. The summed E-state index contributed by atoms with van der Waals surface area (Å²) in [6.07, 6.45) is -0.741. The maximum Gasteiger partial charge on any atom is 0.125 e. The molecular formula is C16H17ClO2. The van der Waals surface area contributed by atoms with Crippen molar-refractivity contribution in [2.24, 2.45) is 0 Å². The van der Waals surface area contributed by atoms with Crippen LogP contribution in [0.15, 0.2) is 36.4 Å². The molecule has 2 aromatic carbocycles. The number of rotatable bonds is 3. The van der Waals surface area contributed by atoms with Gasteiger partial charge in [-0.25, -0.2) is 0 Å². The number of hydrogen-bond acceptors (Lipinski definition) is 2. The summed E-state index contributed by atoms with van der Waals surface area (Å²) >= 11 is 5.97. The molecule has 0 bridgehead atoms. The van der Waals surface area contributed by atoms with Crippen molar-refractivity contribution in [3.8, 4) is 5.75 Å². The lowest BCUT2D eigenvalue weighted by Gasteiger charge is -2.18. The van der Waals surface area contributed by atoms with Crippen LogP contribution in [0.3, 0.4) is 0 Å². The summed E-state index contributed by atoms with van der Waals surface area (Å²) in [5.41, 5.74) is 3.66. The van der Waals surface area contributed by atoms with Gasteiger partial charge in [0.05, 0.1) is 7.11 Å². The lowest BCUT2D eigenvalue weighted by molar-refractivity contribution is 0.214. The molecule has 2 aromatic rings. The second-order valence-corrected chi connectivity index (χ2v) is 5.09. The predicted octanol–water partition coefficient (Wildman–Crippen LogP) is 4.05. The van der Waals surface area contributed by atoms with E-state index in [9.17, 15) is 5.11 Å². The number of aliphatic hydroxyl groups is 1. The fraction of sp³-hybridized carbons (Fsp3) is 0.250. The molecular weight excluding hydrogens is 260 g/mol. The number of ether oxygens (including phenoxy) is 1. The third kappa shape index (κ3) is 2.91. The fourth-order valence-corrected chi connectivity index (χ4v) is 2.50. The van der Waals surface area contributed by atoms with Gasteiger partial charge in [0.25, 0.3) is 0 Å². The zero-order valence-corrected chi connectivity index (χ0v) is 12.0. The molecule has 0 radical (unpaired) electrons. The number of halogens is 1. The van der Waals surface area contributed by atoms with Crippen molar-refractivity contribution in [3.63, 3.8) is 0 Å². The SMILES string of the molecule is COc1cc(C)cc(C)c1C(O)c1cccc(Cl)c1. The van der Waals surface area contributed by atoms with Gasteiger partial charge in [-0.2, -0.15) is 0 Å². The largest absolute Gasteiger partial charge is 0.496 e. The van der Waals surface area contributed by atoms with Crippen LogP contribution in [0.2, 0.25) is 5.02 Å². The molecule has 100 valence electrons. The smallest absolute Gasteiger partial charge is 0.125 e. The molecule has 2 nitrogen and oxygen atoms in total. The van der Waals surface area contributed by atoms with E-state index < -0.39 is 6.10 Å². The molecule has 0 saturated heterocycles. The quantitative estimate of drug-likeness (QED) is 0.916. The van der Waals surface area contributed by atoms with E-state index in [2.05, 4.69) is 0 Å². The molecule has 0 aliphatic rings. The Morgan fingerprint density at radius 2 is 1.89 bits per heavy atom. The van der Waals surface area contributed by atoms with Crippen LogP contribution in [0.5, 0.6) is 5.75 Å². The molecule has 1 unspecified atom stereocenters. The van der Waals surface area contributed by atoms with Crippen molar-refractivity contribution in [2.45, 2.75) is 20.0 Å². The van der Waals surface area contributed by atoms with Crippen molar-refractivity contribution in [2.75, 3.05) is 7.11 Å². The zero-order valence-electron chi connectivity index (χ0n) is 11.3. The summed E-state index contributed by atoms with van der Waals surface area (Å²) in [6, 6.07) is 11.2. The Labute approximate surface area is 118 Å². The molecule has 3 heteroatoms. The lowest BCUT2D eigenvalue weighted by atomic mass is 9.95. The van der Waals surface area contributed by atoms with Crippen molar-refractivity contribution >= 4 is 11.6 Å². The van der Waals surface area contributed by atoms with Crippen molar-refractivity contribution < 1.29 is 9.84 Å². The van der Waals surface area contributed by atoms with Gasteiger partial charge in [0.15, 0.2) is 0 Å². The summed E-state index contributed by atoms with van der Waals surface area (Å²) in [5.74, 6) is 0.699. The Morgan fingerprint density at radius 3 is 2.53 bits per heavy atom. The van der Waals surface area contributed by atoms with Gasteiger partial charge in [-0.1, -0.05) is 29.8 Å². The van der Waals surface area contributed by atoms with Crippen LogP contribution < -0.4 is 4.74 Å². The molecule has 0 aliphatic carbocycles. The maximum absolute atomic E-state index is 10.6. The first-order valence-electron chi connectivity index (χ1n) is 6.11. The zero-order chi connectivity index (χ0) is 14.0. The summed E-state index contributed by atoms with van der Waals surface area (Å²) in [6.45, 7) is 3.98. The molecule has 1 atom stereocenters. The summed E-state index contributed by atoms with van der Waals surface area (Å²) in [7, 11) is 1.61. The van der Waals surface area contributed by atoms with Crippen LogP contribution in [-0.4, -0.2) is 12.2 Å². The van der Waals surface area contributed by atoms with Gasteiger partial charge in [-0.3, -0.25) is 0 Å². The summed E-state index contributed by atoms with van der Waals surface area (Å²) < 4.78 is 5.39. The molecule has 0 amide bonds. The van der Waals surface area contributed by atoms with Gasteiger partial charge in [0.1, 0.15) is 11.9 Å². The minimum absolute atomic E-state index is 0.611. The third-order valence-corrected chi connectivity index (χ3v) is 3.39. The summed E-state index contributed by atoms with van der Waals surface area (Å²) in [4.78, 5) is 0. The molecule has 0 heterocycles. The van der Waals surface area contributed by atoms with Gasteiger partial charge < -0.3 is 9.84 Å². The highest BCUT2D eigenvalue weighted by atomic mass is 35.5. The third-order valence-electron chi connectivity index (χ3n) is 3.15. The molecule has 2 rings (SSSR count). The van der Waals surface area contributed by atoms with Crippen LogP contribution in [0.25, 0.3) is 0 Å². The van der Waals surface area contributed by atoms with E-state index in [1.54, 1.807) is 19.2 Å². The monoisotopic (exact) mass is 276 g/mol. The van der Waals surface area contributed by atoms with Gasteiger partial charge in [0, 0.05) is 10.6 Å². The second kappa shape index (κ2) is 5.64. The maximum atomic E-state index is 10.6. The molecule has 1 N–H and O–H groups in total. The standard InChI is InChI=1S/C16H17ClO2/c1-10-7-11(2)15(14(8-10)19-3)16(18)12-5-4-6-13(17)9-12/h4-9,16,18H,1-3H3. The van der Waals surface area contributed by atoms with E-state index in [0.29, 0.717) is 10.8 Å². The average molecular weight is 277 g/mol. The van der Waals surface area contributed by atoms with E-state index in [4.69, 9.17) is 16.3 Å². The summed E-state index contributed by atoms with van der Waals surface area (Å²) in [5, 5.41) is 11.2. The average Bonchev–Trinajstić information content (AvgIpc) is 2.37. The van der Waals surface area contributed by atoms with Gasteiger partial charge >= 0.3 is 0 Å². The Balaban J connectivity index is 2.52. The van der Waals surface area contributed by atoms with Gasteiger partial charge in [0.2, 0.25) is 0 Å². The van der Waals surface area contributed by atoms with Crippen LogP contribution in [0.1, 0.15) is 28.4 Å². The number of aryl methyl sites for hydroxylation is 2. The molecule has 0 aliphatic heterocycles. The first kappa shape index (κ1) is 13.9. The van der Waals surface area contributed by atoms with E-state index in [1.807, 2.05) is 38.1 Å². The van der Waals surface area contributed by atoms with E-state index in [1.165, 1.54) is 0 Å². The predicted molar refractivity (Wildman–Crippen MR) is 78.0 cm³/mol. The minimum Gasteiger partial charge on any atom is -0.496 e. The first-order valence-corrected chi connectivity index (χ1v) is 6.49. The Morgan fingerprint density at radius 1 is 1.16 bits per heavy atom. The molecule has 0 aromatic heterocycles. The highest BCUT2D eigenvalue weighted by molar-refractivity contribution is 6.30. The normalized spacial score (nSPS) is 12.3. The van der Waals surface area contributed by atoms with Gasteiger partial charge in [-0.15, -0.1) is 0 Å². The van der Waals surface area contributed by atoms with E-state index in [0.717, 1.165) is 22.3 Å². The Kier molecular flexibility index (Phi) is 4.13. The van der Waals surface area contributed by atoms with Crippen molar-refractivity contribution in [1.82, 2.24) is 0 Å². The fourth-order valence-electron chi connectivity index (χ4n) is 2.30. The highest BCUT2D eigenvalue weighted by Crippen LogP contribution is 2.34. The Hall–Kier alpha value is -1.51. The van der Waals surface area contributed by atoms with Crippen LogP contribution in [0.4, 0.5) is 0 Å². The molecule has 0 saturated carbocycles. The first-order chi connectivity index (χ1) is 9.02. The molecule has 0 fully saturated rings. The van der Waals surface area contributed by atoms with E-state index >= 15 is 0 Å². The minimum atomic E-state index is -0.741. The van der Waals surface area contributed by atoms with E-state index in [-0.39, 0.29) is 0 Å². The van der Waals surface area contributed by atoms with Crippen LogP contribution in [-0.2, 0) is 0 Å². The topological polar surface area (TPSA) is 29.5 Å². The van der Waals surface area contributed by atoms with Crippen LogP contribution in [0, 0.1) is 13.8 Å². The van der Waals surface area contributed by atoms with Crippen LogP contribution >= 0.6 is 11.6 Å². The molecule has 0 spiro atoms. The van der Waals surface area contributed by atoms with Gasteiger partial charge in [-0.05, 0) is 48.7 Å². The number of aliphatic hydroxyl groups excluding tert-OH is 1. The number of methoxy groups -OCH3 is 1. The second-order valence-electron chi connectivity index (χ2n) is 4.66. The number of hydrogen-bond donors (Lipinski definition) is 1. The number of benzene rings is 2. The lowest BCUT2D eigenvalue weighted by Crippen LogP contribution is -2.05. The van der Waals surface area contributed by atoms with Crippen molar-refractivity contribution in [3.05, 3.63) is 63.7 Å².